The molecule has 0 radical (unpaired) electrons. The van der Waals surface area contributed by atoms with Gasteiger partial charge in [0, 0.05) is 0 Å². The number of hydrogen-bond acceptors (Lipinski definition) is 10. The highest BCUT2D eigenvalue weighted by atomic mass is 127. The predicted octanol–water partition coefficient (Wildman–Crippen LogP) is 2.34. The van der Waals surface area contributed by atoms with Gasteiger partial charge in [-0.2, -0.15) is 34.4 Å². The molecule has 0 aliphatic heterocycles. The third-order valence-electron chi connectivity index (χ3n) is 3.60. The zero-order valence-corrected chi connectivity index (χ0v) is 23.2. The predicted molar refractivity (Wildman–Crippen MR) is 128 cm³/mol. The summed E-state index contributed by atoms with van der Waals surface area (Å²) in [5.74, 6) is -3.52. The van der Waals surface area contributed by atoms with E-state index in [1.807, 2.05) is 0 Å². The fraction of sp³-hybridized carbons (Fsp3) is 0.375. The summed E-state index contributed by atoms with van der Waals surface area (Å²) in [5.41, 5.74) is 0.406. The molecule has 1 aromatic carbocycles. The standard InChI is InChI=1S/C16H14F4I2O12S2/c1-2-8-3-9(21)13(31-4-10(23)33-6-15(17,18)35(25,26)27)14(12(8)22)32-5-11(24)34-7-16(19,20)36(28,29)30/h2-3H,1,4-7H2,(H,25,26,27)(H,28,29,30). The highest BCUT2D eigenvalue weighted by Crippen LogP contribution is 2.39. The second kappa shape index (κ2) is 12.4. The number of carbonyl (C=O) groups excluding carboxylic acids is 2. The van der Waals surface area contributed by atoms with Gasteiger partial charge in [-0.3, -0.25) is 9.11 Å². The SMILES string of the molecule is C=Cc1cc(I)c(OCC(=O)OCC(F)(F)S(=O)(=O)O)c(OCC(=O)OCC(F)(F)S(=O)(=O)O)c1I. The van der Waals surface area contributed by atoms with Gasteiger partial charge < -0.3 is 18.9 Å². The summed E-state index contributed by atoms with van der Waals surface area (Å²) >= 11 is 3.38. The van der Waals surface area contributed by atoms with E-state index < -0.39 is 69.1 Å². The van der Waals surface area contributed by atoms with Gasteiger partial charge in [-0.15, -0.1) is 0 Å². The molecule has 36 heavy (non-hydrogen) atoms. The van der Waals surface area contributed by atoms with E-state index in [-0.39, 0.29) is 18.6 Å². The van der Waals surface area contributed by atoms with E-state index in [1.165, 1.54) is 12.1 Å². The number of carbonyl (C=O) groups is 2. The van der Waals surface area contributed by atoms with Gasteiger partial charge in [0.1, 0.15) is 0 Å². The fourth-order valence-electron chi connectivity index (χ4n) is 1.84. The number of alkyl halides is 4. The molecule has 0 spiro atoms. The molecule has 0 saturated heterocycles. The van der Waals surface area contributed by atoms with Crippen LogP contribution in [0.5, 0.6) is 11.5 Å². The van der Waals surface area contributed by atoms with Crippen LogP contribution in [0.4, 0.5) is 17.6 Å². The van der Waals surface area contributed by atoms with Crippen molar-refractivity contribution in [2.75, 3.05) is 26.4 Å². The number of esters is 2. The van der Waals surface area contributed by atoms with Gasteiger partial charge in [0.25, 0.3) is 0 Å². The van der Waals surface area contributed by atoms with E-state index in [9.17, 15) is 44.0 Å². The molecule has 0 heterocycles. The maximum absolute atomic E-state index is 13.2. The molecule has 0 bridgehead atoms. The van der Waals surface area contributed by atoms with Crippen LogP contribution in [-0.4, -0.2) is 74.8 Å². The normalized spacial score (nSPS) is 12.6. The summed E-state index contributed by atoms with van der Waals surface area (Å²) in [5, 5.41) is -9.56. The molecular formula is C16H14F4I2O12S2. The van der Waals surface area contributed by atoms with Gasteiger partial charge >= 0.3 is 42.7 Å². The van der Waals surface area contributed by atoms with Crippen molar-refractivity contribution in [3.63, 3.8) is 0 Å². The molecule has 0 aromatic heterocycles. The average molecular weight is 792 g/mol. The van der Waals surface area contributed by atoms with Crippen LogP contribution in [0.3, 0.4) is 0 Å². The summed E-state index contributed by atoms with van der Waals surface area (Å²) in [6.45, 7) is -2.65. The third-order valence-corrected chi connectivity index (χ3v) is 7.26. The van der Waals surface area contributed by atoms with E-state index in [0.29, 0.717) is 5.56 Å². The first-order chi connectivity index (χ1) is 16.2. The Kier molecular flexibility index (Phi) is 11.2. The van der Waals surface area contributed by atoms with Crippen LogP contribution >= 0.6 is 45.2 Å². The molecule has 0 amide bonds. The summed E-state index contributed by atoms with van der Waals surface area (Å²) in [6.07, 6.45) is 1.34. The van der Waals surface area contributed by atoms with E-state index in [2.05, 4.69) is 16.1 Å². The Bertz CT molecular complexity index is 1240. The number of ether oxygens (including phenoxy) is 4. The van der Waals surface area contributed by atoms with Crippen LogP contribution in [0.2, 0.25) is 0 Å². The highest BCUT2D eigenvalue weighted by Gasteiger charge is 2.46. The van der Waals surface area contributed by atoms with Crippen LogP contribution in [0.15, 0.2) is 12.6 Å². The molecule has 0 unspecified atom stereocenters. The van der Waals surface area contributed by atoms with Crippen LogP contribution < -0.4 is 9.47 Å². The van der Waals surface area contributed by atoms with Crippen molar-refractivity contribution in [1.82, 2.24) is 0 Å². The Morgan fingerprint density at radius 2 is 1.28 bits per heavy atom. The third kappa shape index (κ3) is 8.81. The summed E-state index contributed by atoms with van der Waals surface area (Å²) in [7, 11) is -11.7. The summed E-state index contributed by atoms with van der Waals surface area (Å²) in [4.78, 5) is 23.5. The van der Waals surface area contributed by atoms with E-state index >= 15 is 0 Å². The Balaban J connectivity index is 2.98. The van der Waals surface area contributed by atoms with Crippen LogP contribution in [-0.2, 0) is 39.3 Å². The fourth-order valence-corrected chi connectivity index (χ4v) is 3.77. The van der Waals surface area contributed by atoms with Gasteiger partial charge in [-0.05, 0) is 56.8 Å². The highest BCUT2D eigenvalue weighted by molar-refractivity contribution is 14.1. The van der Waals surface area contributed by atoms with E-state index in [0.717, 1.165) is 0 Å². The molecule has 0 fully saturated rings. The molecule has 0 aliphatic carbocycles. The topological polar surface area (TPSA) is 180 Å². The molecule has 0 atom stereocenters. The maximum Gasteiger partial charge on any atom is 0.402 e. The van der Waals surface area contributed by atoms with Crippen molar-refractivity contribution in [3.8, 4) is 11.5 Å². The monoisotopic (exact) mass is 792 g/mol. The van der Waals surface area contributed by atoms with E-state index in [1.54, 1.807) is 45.2 Å². The molecule has 204 valence electrons. The number of rotatable bonds is 13. The minimum Gasteiger partial charge on any atom is -0.477 e. The van der Waals surface area contributed by atoms with Crippen molar-refractivity contribution < 1.29 is 72.0 Å². The molecule has 12 nitrogen and oxygen atoms in total. The second-order valence-corrected chi connectivity index (χ2v) is 11.6. The van der Waals surface area contributed by atoms with Gasteiger partial charge in [-0.25, -0.2) is 9.59 Å². The van der Waals surface area contributed by atoms with Crippen LogP contribution in [0.1, 0.15) is 5.56 Å². The smallest absolute Gasteiger partial charge is 0.402 e. The molecule has 1 rings (SSSR count). The number of hydrogen-bond donors (Lipinski definition) is 2. The van der Waals surface area contributed by atoms with E-state index in [4.69, 9.17) is 18.6 Å². The van der Waals surface area contributed by atoms with Crippen LogP contribution in [0, 0.1) is 7.14 Å². The first-order valence-electron chi connectivity index (χ1n) is 8.64. The Labute approximate surface area is 228 Å². The first kappa shape index (κ1) is 32.5. The summed E-state index contributed by atoms with van der Waals surface area (Å²) in [6, 6.07) is 1.46. The van der Waals surface area contributed by atoms with Crippen molar-refractivity contribution in [2.45, 2.75) is 10.5 Å². The first-order valence-corrected chi connectivity index (χ1v) is 13.7. The molecular weight excluding hydrogens is 778 g/mol. The lowest BCUT2D eigenvalue weighted by atomic mass is 10.2. The average Bonchev–Trinajstić information content (AvgIpc) is 2.74. The van der Waals surface area contributed by atoms with Crippen molar-refractivity contribution in [2.24, 2.45) is 0 Å². The van der Waals surface area contributed by atoms with Gasteiger partial charge in [0.15, 0.2) is 37.9 Å². The zero-order chi connectivity index (χ0) is 28.1. The van der Waals surface area contributed by atoms with Crippen LogP contribution in [0.25, 0.3) is 6.08 Å². The molecule has 1 aromatic rings. The summed E-state index contributed by atoms with van der Waals surface area (Å²) < 4.78 is 131. The number of halogens is 6. The number of benzene rings is 1. The minimum atomic E-state index is -5.85. The molecule has 0 aliphatic rings. The maximum atomic E-state index is 13.2. The van der Waals surface area contributed by atoms with Gasteiger partial charge in [0.05, 0.1) is 7.14 Å². The second-order valence-electron chi connectivity index (χ2n) is 6.25. The Morgan fingerprint density at radius 1 is 0.889 bits per heavy atom. The Morgan fingerprint density at radius 3 is 1.64 bits per heavy atom. The lowest BCUT2D eigenvalue weighted by molar-refractivity contribution is -0.153. The zero-order valence-electron chi connectivity index (χ0n) is 17.3. The van der Waals surface area contributed by atoms with Crippen molar-refractivity contribution in [1.29, 1.82) is 0 Å². The lowest BCUT2D eigenvalue weighted by Gasteiger charge is -2.18. The molecule has 2 N–H and O–H groups in total. The quantitative estimate of drug-likeness (QED) is 0.129. The molecule has 20 heteroatoms. The Hall–Kier alpha value is -1.50. The molecule has 0 saturated carbocycles. The largest absolute Gasteiger partial charge is 0.477 e. The van der Waals surface area contributed by atoms with Crippen molar-refractivity contribution in [3.05, 3.63) is 25.3 Å². The lowest BCUT2D eigenvalue weighted by Crippen LogP contribution is -2.35. The minimum absolute atomic E-state index is 0.209. The van der Waals surface area contributed by atoms with Crippen molar-refractivity contribution >= 4 is 83.4 Å². The van der Waals surface area contributed by atoms with Gasteiger partial charge in [-0.1, -0.05) is 12.7 Å². The van der Waals surface area contributed by atoms with Gasteiger partial charge in [0.2, 0.25) is 0 Å².